The number of aromatic amines is 1. The van der Waals surface area contributed by atoms with Gasteiger partial charge in [-0.25, -0.2) is 4.98 Å². The summed E-state index contributed by atoms with van der Waals surface area (Å²) in [5.41, 5.74) is 2.58. The van der Waals surface area contributed by atoms with Gasteiger partial charge in [0, 0.05) is 12.6 Å². The average Bonchev–Trinajstić information content (AvgIpc) is 3.08. The largest absolute Gasteiger partial charge is 0.321 e. The molecule has 130 valence electrons. The van der Waals surface area contributed by atoms with E-state index >= 15 is 0 Å². The van der Waals surface area contributed by atoms with Crippen LogP contribution in [0.1, 0.15) is 42.9 Å². The molecule has 0 saturated heterocycles. The standard InChI is InChI=1S/C16H16BrN5O2S/c1-7(2)13-12(17)14(22-21-13)15(24)19-9-4-5-10-11(6-9)25-16(20-10)18-8(3)23/h4-7H,1-3H3,(H,19,24)(H,21,22)(H,18,20,23). The zero-order valence-corrected chi connectivity index (χ0v) is 16.2. The van der Waals surface area contributed by atoms with Gasteiger partial charge in [-0.1, -0.05) is 25.2 Å². The number of rotatable bonds is 4. The Bertz CT molecular complexity index is 963. The van der Waals surface area contributed by atoms with E-state index < -0.39 is 0 Å². The van der Waals surface area contributed by atoms with Crippen molar-refractivity contribution in [3.63, 3.8) is 0 Å². The van der Waals surface area contributed by atoms with E-state index in [2.05, 4.69) is 41.7 Å². The van der Waals surface area contributed by atoms with Crippen molar-refractivity contribution in [1.82, 2.24) is 15.2 Å². The van der Waals surface area contributed by atoms with E-state index in [1.165, 1.54) is 18.3 Å². The molecule has 0 radical (unpaired) electrons. The first kappa shape index (κ1) is 17.6. The first-order valence-corrected chi connectivity index (χ1v) is 9.19. The van der Waals surface area contributed by atoms with Gasteiger partial charge in [-0.05, 0) is 40.0 Å². The van der Waals surface area contributed by atoms with Gasteiger partial charge in [0.05, 0.1) is 20.4 Å². The number of hydrogen-bond donors (Lipinski definition) is 3. The second kappa shape index (κ2) is 6.93. The molecule has 0 atom stereocenters. The fraction of sp³-hybridized carbons (Fsp3) is 0.250. The van der Waals surface area contributed by atoms with Crippen molar-refractivity contribution < 1.29 is 9.59 Å². The SMILES string of the molecule is CC(=O)Nc1nc2ccc(NC(=O)c3n[nH]c(C(C)C)c3Br)cc2s1. The van der Waals surface area contributed by atoms with Gasteiger partial charge < -0.3 is 10.6 Å². The number of anilines is 2. The Labute approximate surface area is 156 Å². The minimum Gasteiger partial charge on any atom is -0.321 e. The molecule has 2 aromatic heterocycles. The number of carbonyl (C=O) groups excluding carboxylic acids is 2. The van der Waals surface area contributed by atoms with Crippen LogP contribution in [0.3, 0.4) is 0 Å². The Hall–Kier alpha value is -2.26. The summed E-state index contributed by atoms with van der Waals surface area (Å²) in [5, 5.41) is 13.0. The van der Waals surface area contributed by atoms with Crippen LogP contribution in [-0.2, 0) is 4.79 Å². The van der Waals surface area contributed by atoms with Gasteiger partial charge in [0.15, 0.2) is 10.8 Å². The maximum atomic E-state index is 12.5. The van der Waals surface area contributed by atoms with E-state index in [-0.39, 0.29) is 17.7 Å². The highest BCUT2D eigenvalue weighted by Gasteiger charge is 2.19. The minimum absolute atomic E-state index is 0.170. The van der Waals surface area contributed by atoms with Crippen LogP contribution in [0.25, 0.3) is 10.2 Å². The van der Waals surface area contributed by atoms with Crippen molar-refractivity contribution in [1.29, 1.82) is 0 Å². The topological polar surface area (TPSA) is 99.8 Å². The number of hydrogen-bond acceptors (Lipinski definition) is 5. The number of carbonyl (C=O) groups is 2. The number of amides is 2. The molecule has 3 aromatic rings. The number of thiazole rings is 1. The smallest absolute Gasteiger partial charge is 0.277 e. The number of nitrogens with one attached hydrogen (secondary N) is 3. The predicted octanol–water partition coefficient (Wildman–Crippen LogP) is 4.12. The van der Waals surface area contributed by atoms with E-state index in [9.17, 15) is 9.59 Å². The molecule has 0 aliphatic heterocycles. The van der Waals surface area contributed by atoms with Crippen LogP contribution in [0.15, 0.2) is 22.7 Å². The van der Waals surface area contributed by atoms with Crippen LogP contribution in [-0.4, -0.2) is 27.0 Å². The maximum absolute atomic E-state index is 12.5. The molecule has 9 heteroatoms. The van der Waals surface area contributed by atoms with Crippen LogP contribution in [0.4, 0.5) is 10.8 Å². The third-order valence-corrected chi connectivity index (χ3v) is 5.19. The molecule has 2 heterocycles. The van der Waals surface area contributed by atoms with E-state index in [1.807, 2.05) is 19.9 Å². The highest BCUT2D eigenvalue weighted by atomic mass is 79.9. The van der Waals surface area contributed by atoms with Crippen molar-refractivity contribution in [2.24, 2.45) is 0 Å². The second-order valence-corrected chi connectivity index (χ2v) is 7.62. The molecule has 2 amide bonds. The van der Waals surface area contributed by atoms with Crippen LogP contribution < -0.4 is 10.6 Å². The van der Waals surface area contributed by atoms with Gasteiger partial charge in [-0.15, -0.1) is 0 Å². The van der Waals surface area contributed by atoms with Crippen molar-refractivity contribution >= 4 is 60.1 Å². The van der Waals surface area contributed by atoms with Crippen LogP contribution in [0.2, 0.25) is 0 Å². The molecule has 0 spiro atoms. The number of H-pyrrole nitrogens is 1. The summed E-state index contributed by atoms with van der Waals surface area (Å²) in [4.78, 5) is 27.9. The summed E-state index contributed by atoms with van der Waals surface area (Å²) < 4.78 is 1.54. The molecule has 0 saturated carbocycles. The number of aromatic nitrogens is 3. The Morgan fingerprint density at radius 2 is 2.04 bits per heavy atom. The average molecular weight is 422 g/mol. The highest BCUT2D eigenvalue weighted by molar-refractivity contribution is 9.10. The van der Waals surface area contributed by atoms with Gasteiger partial charge in [-0.3, -0.25) is 14.7 Å². The number of halogens is 1. The minimum atomic E-state index is -0.305. The zero-order valence-electron chi connectivity index (χ0n) is 13.8. The summed E-state index contributed by atoms with van der Waals surface area (Å²) in [6, 6.07) is 5.38. The summed E-state index contributed by atoms with van der Waals surface area (Å²) in [6.45, 7) is 5.47. The lowest BCUT2D eigenvalue weighted by Gasteiger charge is -2.04. The van der Waals surface area contributed by atoms with E-state index in [4.69, 9.17) is 0 Å². The van der Waals surface area contributed by atoms with Crippen LogP contribution in [0, 0.1) is 0 Å². The highest BCUT2D eigenvalue weighted by Crippen LogP contribution is 2.29. The molecule has 3 rings (SSSR count). The Morgan fingerprint density at radius 1 is 1.28 bits per heavy atom. The predicted molar refractivity (Wildman–Crippen MR) is 102 cm³/mol. The Balaban J connectivity index is 1.82. The molecule has 0 unspecified atom stereocenters. The summed E-state index contributed by atoms with van der Waals surface area (Å²) in [7, 11) is 0. The van der Waals surface area contributed by atoms with Crippen molar-refractivity contribution in [3.8, 4) is 0 Å². The molecular weight excluding hydrogens is 406 g/mol. The lowest BCUT2D eigenvalue weighted by atomic mass is 10.1. The van der Waals surface area contributed by atoms with Crippen LogP contribution >= 0.6 is 27.3 Å². The second-order valence-electron chi connectivity index (χ2n) is 5.79. The Kier molecular flexibility index (Phi) is 4.87. The summed E-state index contributed by atoms with van der Waals surface area (Å²) in [6.07, 6.45) is 0. The van der Waals surface area contributed by atoms with E-state index in [1.54, 1.807) is 12.1 Å². The first-order chi connectivity index (χ1) is 11.8. The zero-order chi connectivity index (χ0) is 18.1. The lowest BCUT2D eigenvalue weighted by molar-refractivity contribution is -0.114. The third-order valence-electron chi connectivity index (χ3n) is 3.45. The molecule has 7 nitrogen and oxygen atoms in total. The molecule has 0 fully saturated rings. The Morgan fingerprint density at radius 3 is 2.68 bits per heavy atom. The number of benzene rings is 1. The quantitative estimate of drug-likeness (QED) is 0.589. The third kappa shape index (κ3) is 3.72. The van der Waals surface area contributed by atoms with Crippen molar-refractivity contribution in [2.45, 2.75) is 26.7 Å². The lowest BCUT2D eigenvalue weighted by Crippen LogP contribution is -2.13. The van der Waals surface area contributed by atoms with Gasteiger partial charge in [-0.2, -0.15) is 5.10 Å². The van der Waals surface area contributed by atoms with Crippen molar-refractivity contribution in [2.75, 3.05) is 10.6 Å². The van der Waals surface area contributed by atoms with Crippen LogP contribution in [0.5, 0.6) is 0 Å². The van der Waals surface area contributed by atoms with E-state index in [0.717, 1.165) is 15.9 Å². The van der Waals surface area contributed by atoms with E-state index in [0.29, 0.717) is 21.0 Å². The molecule has 3 N–H and O–H groups in total. The van der Waals surface area contributed by atoms with Gasteiger partial charge in [0.1, 0.15) is 0 Å². The van der Waals surface area contributed by atoms with Gasteiger partial charge in [0.25, 0.3) is 5.91 Å². The first-order valence-electron chi connectivity index (χ1n) is 7.58. The monoisotopic (exact) mass is 421 g/mol. The molecule has 1 aromatic carbocycles. The molecular formula is C16H16BrN5O2S. The number of fused-ring (bicyclic) bond motifs is 1. The van der Waals surface area contributed by atoms with Gasteiger partial charge >= 0.3 is 0 Å². The normalized spacial score (nSPS) is 11.1. The fourth-order valence-electron chi connectivity index (χ4n) is 2.27. The van der Waals surface area contributed by atoms with Crippen molar-refractivity contribution in [3.05, 3.63) is 34.1 Å². The fourth-order valence-corrected chi connectivity index (χ4v) is 4.04. The number of nitrogens with zero attached hydrogens (tertiary/aromatic N) is 2. The molecule has 0 aliphatic rings. The molecule has 0 aliphatic carbocycles. The molecule has 0 bridgehead atoms. The maximum Gasteiger partial charge on any atom is 0.277 e. The summed E-state index contributed by atoms with van der Waals surface area (Å²) in [5.74, 6) is -0.248. The summed E-state index contributed by atoms with van der Waals surface area (Å²) >= 11 is 4.78. The molecule has 25 heavy (non-hydrogen) atoms. The van der Waals surface area contributed by atoms with Gasteiger partial charge in [0.2, 0.25) is 5.91 Å².